The first-order valence-corrected chi connectivity index (χ1v) is 10.2. The van der Waals surface area contributed by atoms with Crippen LogP contribution >= 0.6 is 22.9 Å². The number of hydrogen-bond donors (Lipinski definition) is 1. The van der Waals surface area contributed by atoms with Crippen LogP contribution in [0.4, 0.5) is 16.4 Å². The van der Waals surface area contributed by atoms with Gasteiger partial charge in [-0.25, -0.2) is 0 Å². The fourth-order valence-electron chi connectivity index (χ4n) is 2.53. The minimum atomic E-state index is -0.403. The van der Waals surface area contributed by atoms with Crippen LogP contribution in [0.5, 0.6) is 0 Å². The molecule has 0 atom stereocenters. The van der Waals surface area contributed by atoms with E-state index in [0.29, 0.717) is 21.3 Å². The van der Waals surface area contributed by atoms with Crippen LogP contribution in [0.25, 0.3) is 0 Å². The Bertz CT molecular complexity index is 1030. The SMILES string of the molecule is C=NN(C(=O)c1c(CC)csc1N)c1ccc(Cl)cc1.Cc1ccc([N+](=O)[O-])cc1. The minimum Gasteiger partial charge on any atom is -0.390 e. The lowest BCUT2D eigenvalue weighted by atomic mass is 10.1. The average Bonchev–Trinajstić information content (AvgIpc) is 3.11. The number of nitro benzene ring substituents is 1. The number of rotatable bonds is 5. The molecule has 0 saturated heterocycles. The summed E-state index contributed by atoms with van der Waals surface area (Å²) in [5.74, 6) is -0.280. The number of anilines is 2. The van der Waals surface area contributed by atoms with Gasteiger partial charge in [-0.1, -0.05) is 36.2 Å². The van der Waals surface area contributed by atoms with E-state index in [9.17, 15) is 14.9 Å². The molecule has 1 heterocycles. The van der Waals surface area contributed by atoms with Crippen molar-refractivity contribution in [3.05, 3.63) is 85.7 Å². The van der Waals surface area contributed by atoms with E-state index in [0.717, 1.165) is 17.5 Å². The summed E-state index contributed by atoms with van der Waals surface area (Å²) in [6.45, 7) is 7.33. The average molecular weight is 445 g/mol. The molecule has 156 valence electrons. The Balaban J connectivity index is 0.000000269. The van der Waals surface area contributed by atoms with E-state index in [4.69, 9.17) is 17.3 Å². The highest BCUT2D eigenvalue weighted by Crippen LogP contribution is 2.29. The first kappa shape index (κ1) is 23.1. The number of thiophene rings is 1. The fraction of sp³-hybridized carbons (Fsp3) is 0.143. The van der Waals surface area contributed by atoms with E-state index in [1.165, 1.54) is 28.5 Å². The second-order valence-electron chi connectivity index (χ2n) is 6.18. The van der Waals surface area contributed by atoms with Gasteiger partial charge >= 0.3 is 0 Å². The Labute approximate surface area is 183 Å². The third kappa shape index (κ3) is 5.65. The highest BCUT2D eigenvalue weighted by atomic mass is 35.5. The lowest BCUT2D eigenvalue weighted by Crippen LogP contribution is -2.26. The number of nitrogen functional groups attached to an aromatic ring is 1. The topological polar surface area (TPSA) is 102 Å². The molecule has 0 aliphatic rings. The smallest absolute Gasteiger partial charge is 0.281 e. The van der Waals surface area contributed by atoms with Crippen LogP contribution in [0, 0.1) is 17.0 Å². The predicted molar refractivity (Wildman–Crippen MR) is 124 cm³/mol. The maximum Gasteiger partial charge on any atom is 0.281 e. The largest absolute Gasteiger partial charge is 0.390 e. The van der Waals surface area contributed by atoms with Gasteiger partial charge in [-0.3, -0.25) is 14.9 Å². The summed E-state index contributed by atoms with van der Waals surface area (Å²) in [5.41, 5.74) is 9.09. The van der Waals surface area contributed by atoms with Crippen molar-refractivity contribution in [2.75, 3.05) is 10.7 Å². The first-order chi connectivity index (χ1) is 14.3. The van der Waals surface area contributed by atoms with E-state index in [1.54, 1.807) is 36.4 Å². The molecule has 0 bridgehead atoms. The van der Waals surface area contributed by atoms with Crippen LogP contribution in [0.1, 0.15) is 28.4 Å². The molecule has 0 unspecified atom stereocenters. The van der Waals surface area contributed by atoms with Gasteiger partial charge in [-0.15, -0.1) is 11.3 Å². The van der Waals surface area contributed by atoms with Crippen molar-refractivity contribution in [1.82, 2.24) is 0 Å². The van der Waals surface area contributed by atoms with Gasteiger partial charge in [0.05, 0.1) is 21.2 Å². The van der Waals surface area contributed by atoms with E-state index in [-0.39, 0.29) is 11.6 Å². The summed E-state index contributed by atoms with van der Waals surface area (Å²) in [6, 6.07) is 13.2. The van der Waals surface area contributed by atoms with Crippen LogP contribution < -0.4 is 10.7 Å². The summed E-state index contributed by atoms with van der Waals surface area (Å²) in [6.07, 6.45) is 0.736. The van der Waals surface area contributed by atoms with E-state index in [1.807, 2.05) is 19.2 Å². The normalized spacial score (nSPS) is 9.97. The predicted octanol–water partition coefficient (Wildman–Crippen LogP) is 5.71. The van der Waals surface area contributed by atoms with Crippen molar-refractivity contribution >= 4 is 51.9 Å². The number of nitrogens with zero attached hydrogens (tertiary/aromatic N) is 3. The summed E-state index contributed by atoms with van der Waals surface area (Å²) in [5, 5.41) is 18.1. The number of nitrogens with two attached hydrogens (primary N) is 1. The van der Waals surface area contributed by atoms with E-state index < -0.39 is 4.92 Å². The molecule has 2 N–H and O–H groups in total. The number of carbonyl (C=O) groups excluding carboxylic acids is 1. The molecule has 1 amide bonds. The zero-order valence-corrected chi connectivity index (χ0v) is 18.1. The van der Waals surface area contributed by atoms with Gasteiger partial charge in [0.25, 0.3) is 11.6 Å². The molecule has 3 rings (SSSR count). The molecule has 0 radical (unpaired) electrons. The minimum absolute atomic E-state index is 0.144. The number of halogens is 1. The van der Waals surface area contributed by atoms with Crippen molar-refractivity contribution < 1.29 is 9.72 Å². The van der Waals surface area contributed by atoms with E-state index >= 15 is 0 Å². The Hall–Kier alpha value is -3.23. The van der Waals surface area contributed by atoms with Crippen LogP contribution in [0.15, 0.2) is 59.0 Å². The third-order valence-corrected chi connectivity index (χ3v) is 5.25. The molecule has 9 heteroatoms. The molecular formula is C21H21ClN4O3S. The van der Waals surface area contributed by atoms with Gasteiger partial charge < -0.3 is 5.73 Å². The quantitative estimate of drug-likeness (QED) is 0.309. The van der Waals surface area contributed by atoms with Gasteiger partial charge in [0.2, 0.25) is 0 Å². The van der Waals surface area contributed by atoms with Crippen LogP contribution in [-0.2, 0) is 6.42 Å². The number of nitro groups is 1. The maximum absolute atomic E-state index is 12.6. The molecule has 0 aliphatic heterocycles. The van der Waals surface area contributed by atoms with Crippen LogP contribution in [0.3, 0.4) is 0 Å². The number of benzene rings is 2. The Morgan fingerprint density at radius 3 is 2.33 bits per heavy atom. The van der Waals surface area contributed by atoms with Gasteiger partial charge in [0.15, 0.2) is 0 Å². The van der Waals surface area contributed by atoms with Gasteiger partial charge in [0.1, 0.15) is 0 Å². The molecule has 0 fully saturated rings. The number of hydrazone groups is 1. The molecule has 30 heavy (non-hydrogen) atoms. The van der Waals surface area contributed by atoms with Crippen molar-refractivity contribution in [1.29, 1.82) is 0 Å². The summed E-state index contributed by atoms with van der Waals surface area (Å²) in [4.78, 5) is 22.3. The fourth-order valence-corrected chi connectivity index (χ4v) is 3.55. The first-order valence-electron chi connectivity index (χ1n) is 8.92. The second kappa shape index (κ2) is 10.5. The highest BCUT2D eigenvalue weighted by molar-refractivity contribution is 7.14. The summed E-state index contributed by atoms with van der Waals surface area (Å²) >= 11 is 7.20. The zero-order chi connectivity index (χ0) is 22.3. The second-order valence-corrected chi connectivity index (χ2v) is 7.53. The van der Waals surface area contributed by atoms with Gasteiger partial charge in [-0.2, -0.15) is 10.1 Å². The molecular weight excluding hydrogens is 424 g/mol. The standard InChI is InChI=1S/C14H14ClN3OS.C7H7NO2/c1-3-9-8-20-13(16)12(9)14(19)18(17-2)11-6-4-10(15)5-7-11;1-6-2-4-7(5-3-6)8(9)10/h4-8H,2-3,16H2,1H3;2-5H,1H3. The number of non-ortho nitro benzene ring substituents is 1. The molecule has 0 aliphatic carbocycles. The van der Waals surface area contributed by atoms with Crippen molar-refractivity contribution in [2.45, 2.75) is 20.3 Å². The Kier molecular flexibility index (Phi) is 8.08. The number of carbonyl (C=O) groups is 1. The highest BCUT2D eigenvalue weighted by Gasteiger charge is 2.23. The van der Waals surface area contributed by atoms with Crippen LogP contribution in [0.2, 0.25) is 5.02 Å². The van der Waals surface area contributed by atoms with Gasteiger partial charge in [0, 0.05) is 23.9 Å². The molecule has 0 spiro atoms. The lowest BCUT2D eigenvalue weighted by Gasteiger charge is -2.17. The van der Waals surface area contributed by atoms with Crippen molar-refractivity contribution in [2.24, 2.45) is 5.10 Å². The summed E-state index contributed by atoms with van der Waals surface area (Å²) in [7, 11) is 0. The zero-order valence-electron chi connectivity index (χ0n) is 16.5. The maximum atomic E-state index is 12.6. The van der Waals surface area contributed by atoms with Crippen molar-refractivity contribution in [3.63, 3.8) is 0 Å². The molecule has 3 aromatic rings. The van der Waals surface area contributed by atoms with E-state index in [2.05, 4.69) is 11.8 Å². The third-order valence-electron chi connectivity index (χ3n) is 4.14. The molecule has 2 aromatic carbocycles. The number of aryl methyl sites for hydroxylation is 2. The van der Waals surface area contributed by atoms with Crippen molar-refractivity contribution in [3.8, 4) is 0 Å². The molecule has 7 nitrogen and oxygen atoms in total. The number of amides is 1. The lowest BCUT2D eigenvalue weighted by molar-refractivity contribution is -0.384. The van der Waals surface area contributed by atoms with Gasteiger partial charge in [-0.05, 0) is 48.6 Å². The number of hydrogen-bond acceptors (Lipinski definition) is 6. The molecule has 0 saturated carbocycles. The monoisotopic (exact) mass is 444 g/mol. The van der Waals surface area contributed by atoms with Crippen LogP contribution in [-0.4, -0.2) is 17.5 Å². The molecule has 1 aromatic heterocycles. The Morgan fingerprint density at radius 1 is 1.23 bits per heavy atom. The summed E-state index contributed by atoms with van der Waals surface area (Å²) < 4.78 is 0. The Morgan fingerprint density at radius 2 is 1.83 bits per heavy atom.